The van der Waals surface area contributed by atoms with E-state index in [4.69, 9.17) is 16.0 Å². The largest absolute Gasteiger partial charge is 0.451 e. The molecule has 1 aliphatic rings. The third-order valence-electron chi connectivity index (χ3n) is 6.26. The molecule has 0 spiro atoms. The highest BCUT2D eigenvalue weighted by atomic mass is 35.5. The fourth-order valence-electron chi connectivity index (χ4n) is 4.72. The topological polar surface area (TPSA) is 83.4 Å². The van der Waals surface area contributed by atoms with E-state index in [1.54, 1.807) is 24.3 Å². The van der Waals surface area contributed by atoms with Crippen molar-refractivity contribution in [2.45, 2.75) is 83.8 Å². The number of benzene rings is 1. The average Bonchev–Trinajstić information content (AvgIpc) is 3.27. The molecule has 2 aromatic rings. The van der Waals surface area contributed by atoms with Gasteiger partial charge < -0.3 is 20.4 Å². The fraction of sp³-hybridized carbons (Fsp3) is 0.556. The van der Waals surface area contributed by atoms with Crippen LogP contribution in [0.15, 0.2) is 40.8 Å². The molecular weight excluding hydrogens is 450 g/mol. The summed E-state index contributed by atoms with van der Waals surface area (Å²) in [5.74, 6) is 0.626. The van der Waals surface area contributed by atoms with E-state index < -0.39 is 5.91 Å². The van der Waals surface area contributed by atoms with Crippen LogP contribution in [0.2, 0.25) is 5.02 Å². The number of halogens is 1. The Morgan fingerprint density at radius 2 is 1.82 bits per heavy atom. The van der Waals surface area contributed by atoms with Gasteiger partial charge in [-0.3, -0.25) is 9.59 Å². The highest BCUT2D eigenvalue weighted by molar-refractivity contribution is 6.30. The first-order chi connectivity index (χ1) is 16.1. The SMILES string of the molecule is CCCC[C@H]1C[C@H](NC(C)(C)C)CC[C@@H]1NC(=O)CNC(=O)c1ccc(-c2ccc(Cl)cc2)o1. The van der Waals surface area contributed by atoms with Crippen LogP contribution in [0, 0.1) is 5.92 Å². The maximum atomic E-state index is 12.7. The Kier molecular flexibility index (Phi) is 9.20. The van der Waals surface area contributed by atoms with Crippen LogP contribution in [0.4, 0.5) is 0 Å². The number of rotatable bonds is 9. The van der Waals surface area contributed by atoms with Crippen LogP contribution in [0.5, 0.6) is 0 Å². The Labute approximate surface area is 208 Å². The second-order valence-corrected chi connectivity index (χ2v) is 10.8. The average molecular weight is 488 g/mol. The first kappa shape index (κ1) is 26.3. The van der Waals surface area contributed by atoms with Crippen molar-refractivity contribution in [3.63, 3.8) is 0 Å². The summed E-state index contributed by atoms with van der Waals surface area (Å²) in [4.78, 5) is 25.2. The van der Waals surface area contributed by atoms with Gasteiger partial charge in [0.2, 0.25) is 5.91 Å². The zero-order valence-electron chi connectivity index (χ0n) is 20.7. The first-order valence-electron chi connectivity index (χ1n) is 12.4. The normalized spacial score (nSPS) is 20.7. The molecule has 186 valence electrons. The zero-order chi connectivity index (χ0) is 24.7. The van der Waals surface area contributed by atoms with E-state index in [9.17, 15) is 9.59 Å². The monoisotopic (exact) mass is 487 g/mol. The van der Waals surface area contributed by atoms with Crippen LogP contribution in [0.25, 0.3) is 11.3 Å². The molecule has 0 radical (unpaired) electrons. The number of hydrogen-bond donors (Lipinski definition) is 3. The van der Waals surface area contributed by atoms with Crippen molar-refractivity contribution in [3.05, 3.63) is 47.2 Å². The smallest absolute Gasteiger partial charge is 0.287 e. The Morgan fingerprint density at radius 3 is 2.50 bits per heavy atom. The van der Waals surface area contributed by atoms with Crippen LogP contribution < -0.4 is 16.0 Å². The molecule has 0 bridgehead atoms. The van der Waals surface area contributed by atoms with Gasteiger partial charge >= 0.3 is 0 Å². The number of carbonyl (C=O) groups excluding carboxylic acids is 2. The van der Waals surface area contributed by atoms with Gasteiger partial charge in [-0.15, -0.1) is 0 Å². The molecule has 3 rings (SSSR count). The van der Waals surface area contributed by atoms with Crippen molar-refractivity contribution in [2.24, 2.45) is 5.92 Å². The van der Waals surface area contributed by atoms with E-state index in [0.29, 0.717) is 22.7 Å². The lowest BCUT2D eigenvalue weighted by Crippen LogP contribution is -2.52. The lowest BCUT2D eigenvalue weighted by molar-refractivity contribution is -0.121. The molecule has 0 saturated heterocycles. The van der Waals surface area contributed by atoms with E-state index in [0.717, 1.165) is 44.1 Å². The van der Waals surface area contributed by atoms with Gasteiger partial charge in [-0.05, 0) is 88.8 Å². The Hall–Kier alpha value is -2.31. The summed E-state index contributed by atoms with van der Waals surface area (Å²) >= 11 is 5.93. The molecule has 0 unspecified atom stereocenters. The Morgan fingerprint density at radius 1 is 1.09 bits per heavy atom. The summed E-state index contributed by atoms with van der Waals surface area (Å²) in [7, 11) is 0. The van der Waals surface area contributed by atoms with Crippen LogP contribution in [-0.2, 0) is 4.79 Å². The molecule has 1 heterocycles. The van der Waals surface area contributed by atoms with Gasteiger partial charge in [0.15, 0.2) is 5.76 Å². The number of unbranched alkanes of at least 4 members (excludes halogenated alkanes) is 1. The molecule has 6 nitrogen and oxygen atoms in total. The van der Waals surface area contributed by atoms with E-state index in [-0.39, 0.29) is 29.8 Å². The Bertz CT molecular complexity index is 949. The maximum Gasteiger partial charge on any atom is 0.287 e. The van der Waals surface area contributed by atoms with Gasteiger partial charge in [0.25, 0.3) is 5.91 Å². The highest BCUT2D eigenvalue weighted by Crippen LogP contribution is 2.30. The van der Waals surface area contributed by atoms with Gasteiger partial charge in [0.1, 0.15) is 5.76 Å². The van der Waals surface area contributed by atoms with Crippen LogP contribution >= 0.6 is 11.6 Å². The number of carbonyl (C=O) groups is 2. The molecule has 3 atom stereocenters. The second kappa shape index (κ2) is 11.9. The van der Waals surface area contributed by atoms with Crippen molar-refractivity contribution < 1.29 is 14.0 Å². The third-order valence-corrected chi connectivity index (χ3v) is 6.51. The summed E-state index contributed by atoms with van der Waals surface area (Å²) in [6.07, 6.45) is 6.46. The van der Waals surface area contributed by atoms with E-state index >= 15 is 0 Å². The van der Waals surface area contributed by atoms with Crippen molar-refractivity contribution >= 4 is 23.4 Å². The van der Waals surface area contributed by atoms with E-state index in [1.165, 1.54) is 0 Å². The molecule has 2 amide bonds. The van der Waals surface area contributed by atoms with Gasteiger partial charge in [-0.25, -0.2) is 0 Å². The predicted molar refractivity (Wildman–Crippen MR) is 137 cm³/mol. The van der Waals surface area contributed by atoms with Gasteiger partial charge in [0.05, 0.1) is 6.54 Å². The van der Waals surface area contributed by atoms with Gasteiger partial charge in [0, 0.05) is 28.2 Å². The summed E-state index contributed by atoms with van der Waals surface area (Å²) < 4.78 is 5.67. The van der Waals surface area contributed by atoms with Crippen LogP contribution in [0.3, 0.4) is 0 Å². The third kappa shape index (κ3) is 7.88. The van der Waals surface area contributed by atoms with Crippen molar-refractivity contribution in [3.8, 4) is 11.3 Å². The molecule has 1 saturated carbocycles. The minimum absolute atomic E-state index is 0.0729. The quantitative estimate of drug-likeness (QED) is 0.432. The van der Waals surface area contributed by atoms with Crippen LogP contribution in [0.1, 0.15) is 76.8 Å². The van der Waals surface area contributed by atoms with E-state index in [1.807, 2.05) is 12.1 Å². The lowest BCUT2D eigenvalue weighted by atomic mass is 9.78. The molecule has 1 aromatic heterocycles. The Balaban J connectivity index is 1.51. The number of amides is 2. The number of furan rings is 1. The fourth-order valence-corrected chi connectivity index (χ4v) is 4.84. The maximum absolute atomic E-state index is 12.7. The number of hydrogen-bond acceptors (Lipinski definition) is 4. The summed E-state index contributed by atoms with van der Waals surface area (Å²) in [5.41, 5.74) is 0.912. The van der Waals surface area contributed by atoms with Crippen molar-refractivity contribution in [1.82, 2.24) is 16.0 Å². The van der Waals surface area contributed by atoms with Gasteiger partial charge in [-0.1, -0.05) is 31.4 Å². The molecule has 1 aliphatic carbocycles. The first-order valence-corrected chi connectivity index (χ1v) is 12.7. The molecule has 1 fully saturated rings. The van der Waals surface area contributed by atoms with Crippen molar-refractivity contribution in [2.75, 3.05) is 6.54 Å². The predicted octanol–water partition coefficient (Wildman–Crippen LogP) is 5.56. The molecular formula is C27H38ClN3O3. The summed E-state index contributed by atoms with van der Waals surface area (Å²) in [6, 6.07) is 11.2. The molecule has 1 aromatic carbocycles. The zero-order valence-corrected chi connectivity index (χ0v) is 21.5. The highest BCUT2D eigenvalue weighted by Gasteiger charge is 2.32. The van der Waals surface area contributed by atoms with Crippen molar-refractivity contribution in [1.29, 1.82) is 0 Å². The second-order valence-electron chi connectivity index (χ2n) is 10.3. The minimum Gasteiger partial charge on any atom is -0.451 e. The van der Waals surface area contributed by atoms with Crippen LogP contribution in [-0.4, -0.2) is 36.0 Å². The standard InChI is InChI=1S/C27H38ClN3O3/c1-5-6-7-19-16-21(31-27(2,3)4)12-13-22(19)30-25(32)17-29-26(33)24-15-14-23(34-24)18-8-10-20(28)11-9-18/h8-11,14-15,19,21-22,31H,5-7,12-13,16-17H2,1-4H3,(H,29,33)(H,30,32)/t19-,21+,22-/m0/s1. The van der Waals surface area contributed by atoms with E-state index in [2.05, 4.69) is 43.6 Å². The number of nitrogens with one attached hydrogen (secondary N) is 3. The molecule has 7 heteroatoms. The van der Waals surface area contributed by atoms with Gasteiger partial charge in [-0.2, -0.15) is 0 Å². The molecule has 3 N–H and O–H groups in total. The summed E-state index contributed by atoms with van der Waals surface area (Å²) in [5, 5.41) is 10.2. The molecule has 34 heavy (non-hydrogen) atoms. The lowest BCUT2D eigenvalue weighted by Gasteiger charge is -2.40. The minimum atomic E-state index is -0.406. The summed E-state index contributed by atoms with van der Waals surface area (Å²) in [6.45, 7) is 8.71. The molecule has 0 aliphatic heterocycles.